The van der Waals surface area contributed by atoms with Crippen molar-refractivity contribution in [3.63, 3.8) is 0 Å². The molecule has 1 N–H and O–H groups in total. The van der Waals surface area contributed by atoms with E-state index in [1.807, 2.05) is 11.4 Å². The number of carbonyl (C=O) groups is 2. The van der Waals surface area contributed by atoms with E-state index in [4.69, 9.17) is 0 Å². The lowest BCUT2D eigenvalue weighted by atomic mass is 10.0. The Kier molecular flexibility index (Phi) is 5.72. The largest absolute Gasteiger partial charge is 0.339 e. The summed E-state index contributed by atoms with van der Waals surface area (Å²) >= 11 is 1.41. The number of nitrogens with one attached hydrogen (secondary N) is 1. The van der Waals surface area contributed by atoms with Crippen LogP contribution >= 0.6 is 11.5 Å². The van der Waals surface area contributed by atoms with E-state index in [2.05, 4.69) is 20.8 Å². The molecule has 2 aliphatic rings. The minimum atomic E-state index is -3.12. The van der Waals surface area contributed by atoms with Gasteiger partial charge < -0.3 is 10.2 Å². The Morgan fingerprint density at radius 1 is 1.27 bits per heavy atom. The Morgan fingerprint density at radius 3 is 2.80 bits per heavy atom. The third-order valence-corrected chi connectivity index (χ3v) is 5.63. The summed E-state index contributed by atoms with van der Waals surface area (Å²) < 4.78 is 32.0. The maximum atomic E-state index is 13.9. The number of likely N-dealkylation sites (tertiary alicyclic amines) is 1. The number of carbonyl (C=O) groups excluding carboxylic acids is 2. The van der Waals surface area contributed by atoms with Crippen molar-refractivity contribution in [2.75, 3.05) is 18.4 Å². The molecule has 0 radical (unpaired) electrons. The fourth-order valence-corrected chi connectivity index (χ4v) is 4.05. The van der Waals surface area contributed by atoms with E-state index in [-0.39, 0.29) is 17.3 Å². The highest BCUT2D eigenvalue weighted by Crippen LogP contribution is 2.31. The average Bonchev–Trinajstić information content (AvgIpc) is 3.16. The van der Waals surface area contributed by atoms with E-state index < -0.39 is 24.7 Å². The van der Waals surface area contributed by atoms with E-state index in [1.165, 1.54) is 35.4 Å². The third-order valence-electron chi connectivity index (χ3n) is 5.06. The lowest BCUT2D eigenvalue weighted by Gasteiger charge is -2.27. The van der Waals surface area contributed by atoms with E-state index in [0.29, 0.717) is 18.7 Å². The minimum absolute atomic E-state index is 0.128. The molecule has 0 atom stereocenters. The first-order chi connectivity index (χ1) is 14.4. The van der Waals surface area contributed by atoms with Crippen LogP contribution in [0.2, 0.25) is 0 Å². The zero-order valence-corrected chi connectivity index (χ0v) is 16.9. The average molecular weight is 430 g/mol. The van der Waals surface area contributed by atoms with Crippen LogP contribution in [0.25, 0.3) is 12.2 Å². The SMILES string of the molecule is O=C1CC(F)(F)Cc2cc(/C=C/C(=O)N3CCC(=Cc4ccsn4)CC3)cnc2N1. The molecule has 0 spiro atoms. The third kappa shape index (κ3) is 4.96. The van der Waals surface area contributed by atoms with Gasteiger partial charge >= 0.3 is 0 Å². The summed E-state index contributed by atoms with van der Waals surface area (Å²) in [5.41, 5.74) is 3.02. The van der Waals surface area contributed by atoms with Crippen LogP contribution < -0.4 is 5.32 Å². The summed E-state index contributed by atoms with van der Waals surface area (Å²) in [5.74, 6) is -3.85. The Morgan fingerprint density at radius 2 is 2.07 bits per heavy atom. The molecule has 4 rings (SSSR count). The molecule has 6 nitrogen and oxygen atoms in total. The number of fused-ring (bicyclic) bond motifs is 1. The Bertz CT molecular complexity index is 1010. The van der Waals surface area contributed by atoms with Crippen molar-refractivity contribution in [3.8, 4) is 0 Å². The molecule has 4 heterocycles. The second-order valence-electron chi connectivity index (χ2n) is 7.42. The van der Waals surface area contributed by atoms with Crippen molar-refractivity contribution in [1.29, 1.82) is 0 Å². The molecular formula is C21H20F2N4O2S. The second kappa shape index (κ2) is 8.43. The Hall–Kier alpha value is -2.94. The molecule has 0 aromatic carbocycles. The van der Waals surface area contributed by atoms with Crippen LogP contribution in [0.4, 0.5) is 14.6 Å². The highest BCUT2D eigenvalue weighted by atomic mass is 32.1. The standard InChI is InChI=1S/C21H20F2N4O2S/c22-21(23)11-16-9-15(13-24-20(16)25-18(28)12-21)1-2-19(29)27-6-3-14(4-7-27)10-17-5-8-30-26-17/h1-2,5,8-10,13H,3-4,6-7,11-12H2,(H,24,25,28)/b2-1+. The number of halogens is 2. The van der Waals surface area contributed by atoms with Gasteiger partial charge in [0.25, 0.3) is 5.92 Å². The van der Waals surface area contributed by atoms with Crippen LogP contribution in [0.5, 0.6) is 0 Å². The van der Waals surface area contributed by atoms with E-state index in [1.54, 1.807) is 11.0 Å². The Labute approximate surface area is 176 Å². The van der Waals surface area contributed by atoms with Gasteiger partial charge in [-0.05, 0) is 54.2 Å². The molecule has 2 aromatic heterocycles. The fraction of sp³-hybridized carbons (Fsp3) is 0.333. The van der Waals surface area contributed by atoms with E-state index in [9.17, 15) is 18.4 Å². The van der Waals surface area contributed by atoms with Gasteiger partial charge in [-0.3, -0.25) is 9.59 Å². The van der Waals surface area contributed by atoms with Crippen molar-refractivity contribution < 1.29 is 18.4 Å². The lowest BCUT2D eigenvalue weighted by Crippen LogP contribution is -2.35. The van der Waals surface area contributed by atoms with Gasteiger partial charge in [0, 0.05) is 42.7 Å². The lowest BCUT2D eigenvalue weighted by molar-refractivity contribution is -0.126. The predicted molar refractivity (Wildman–Crippen MR) is 111 cm³/mol. The molecule has 0 aliphatic carbocycles. The first-order valence-electron chi connectivity index (χ1n) is 9.61. The van der Waals surface area contributed by atoms with Crippen LogP contribution in [-0.2, 0) is 16.0 Å². The van der Waals surface area contributed by atoms with Crippen molar-refractivity contribution in [1.82, 2.24) is 14.3 Å². The predicted octanol–water partition coefficient (Wildman–Crippen LogP) is 3.78. The molecule has 9 heteroatoms. The fourth-order valence-electron chi connectivity index (χ4n) is 3.56. The summed E-state index contributed by atoms with van der Waals surface area (Å²) in [6, 6.07) is 3.50. The van der Waals surface area contributed by atoms with Gasteiger partial charge in [-0.25, -0.2) is 13.8 Å². The summed E-state index contributed by atoms with van der Waals surface area (Å²) in [5, 5.41) is 4.34. The molecule has 0 unspecified atom stereocenters. The number of pyridine rings is 1. The highest BCUT2D eigenvalue weighted by Gasteiger charge is 2.36. The summed E-state index contributed by atoms with van der Waals surface area (Å²) in [4.78, 5) is 29.9. The molecule has 30 heavy (non-hydrogen) atoms. The molecular weight excluding hydrogens is 410 g/mol. The number of piperidine rings is 1. The van der Waals surface area contributed by atoms with Crippen molar-refractivity contribution in [2.24, 2.45) is 0 Å². The highest BCUT2D eigenvalue weighted by molar-refractivity contribution is 7.03. The maximum Gasteiger partial charge on any atom is 0.260 e. The summed E-state index contributed by atoms with van der Waals surface area (Å²) in [6.07, 6.45) is 6.71. The number of hydrogen-bond donors (Lipinski definition) is 1. The van der Waals surface area contributed by atoms with E-state index in [0.717, 1.165) is 18.5 Å². The van der Waals surface area contributed by atoms with Gasteiger partial charge in [-0.15, -0.1) is 0 Å². The number of amides is 2. The molecule has 2 aromatic rings. The number of anilines is 1. The van der Waals surface area contributed by atoms with Gasteiger partial charge in [-0.2, -0.15) is 4.37 Å². The number of hydrogen-bond acceptors (Lipinski definition) is 5. The molecule has 1 fully saturated rings. The van der Waals surface area contributed by atoms with Crippen molar-refractivity contribution in [2.45, 2.75) is 31.6 Å². The van der Waals surface area contributed by atoms with Crippen molar-refractivity contribution >= 4 is 41.3 Å². The van der Waals surface area contributed by atoms with Crippen LogP contribution in [0.3, 0.4) is 0 Å². The Balaban J connectivity index is 1.39. The van der Waals surface area contributed by atoms with Crippen LogP contribution in [0.1, 0.15) is 36.1 Å². The topological polar surface area (TPSA) is 75.2 Å². The smallest absolute Gasteiger partial charge is 0.260 e. The number of alkyl halides is 2. The van der Waals surface area contributed by atoms with Gasteiger partial charge in [-0.1, -0.05) is 5.57 Å². The molecule has 0 bridgehead atoms. The first-order valence-corrected chi connectivity index (χ1v) is 10.4. The minimum Gasteiger partial charge on any atom is -0.339 e. The number of rotatable bonds is 3. The van der Waals surface area contributed by atoms with Gasteiger partial charge in [0.1, 0.15) is 5.82 Å². The van der Waals surface area contributed by atoms with E-state index >= 15 is 0 Å². The zero-order valence-electron chi connectivity index (χ0n) is 16.1. The zero-order chi connectivity index (χ0) is 21.1. The van der Waals surface area contributed by atoms with Gasteiger partial charge in [0.15, 0.2) is 0 Å². The van der Waals surface area contributed by atoms with Gasteiger partial charge in [0.05, 0.1) is 12.1 Å². The summed E-state index contributed by atoms with van der Waals surface area (Å²) in [7, 11) is 0. The number of aromatic nitrogens is 2. The maximum absolute atomic E-state index is 13.9. The molecule has 156 valence electrons. The molecule has 1 saturated heterocycles. The van der Waals surface area contributed by atoms with Crippen LogP contribution in [0, 0.1) is 0 Å². The first kappa shape index (κ1) is 20.3. The second-order valence-corrected chi connectivity index (χ2v) is 8.09. The molecule has 2 amide bonds. The van der Waals surface area contributed by atoms with Crippen molar-refractivity contribution in [3.05, 3.63) is 52.2 Å². The van der Waals surface area contributed by atoms with Crippen LogP contribution in [-0.4, -0.2) is 45.1 Å². The molecule has 2 aliphatic heterocycles. The number of nitrogens with zero attached hydrogens (tertiary/aromatic N) is 3. The normalized spacial score (nSPS) is 18.7. The molecule has 0 saturated carbocycles. The summed E-state index contributed by atoms with van der Waals surface area (Å²) in [6.45, 7) is 1.25. The van der Waals surface area contributed by atoms with Crippen LogP contribution in [0.15, 0.2) is 35.4 Å². The monoisotopic (exact) mass is 430 g/mol. The quantitative estimate of drug-likeness (QED) is 0.752. The van der Waals surface area contributed by atoms with Gasteiger partial charge in [0.2, 0.25) is 11.8 Å².